The number of phenolic OH excluding ortho intramolecular Hbond substituents is 1. The molecule has 0 saturated heterocycles. The van der Waals surface area contributed by atoms with Crippen LogP contribution in [0.1, 0.15) is 31.0 Å². The number of phenols is 1. The van der Waals surface area contributed by atoms with Crippen molar-refractivity contribution in [2.24, 2.45) is 0 Å². The van der Waals surface area contributed by atoms with Crippen molar-refractivity contribution in [3.63, 3.8) is 0 Å². The molecule has 0 spiro atoms. The minimum Gasteiger partial charge on any atom is -0.504 e. The molecule has 4 heteroatoms. The third-order valence-corrected chi connectivity index (χ3v) is 3.56. The molecule has 0 radical (unpaired) electrons. The van der Waals surface area contributed by atoms with Crippen LogP contribution >= 0.6 is 11.6 Å². The molecular formula is C17H20ClNO2. The quantitative estimate of drug-likeness (QED) is 0.836. The van der Waals surface area contributed by atoms with Crippen LogP contribution in [0, 0.1) is 0 Å². The summed E-state index contributed by atoms with van der Waals surface area (Å²) in [5.41, 5.74) is 2.25. The van der Waals surface area contributed by atoms with Crippen LogP contribution < -0.4 is 10.1 Å². The summed E-state index contributed by atoms with van der Waals surface area (Å²) in [6.07, 6.45) is 0. The van der Waals surface area contributed by atoms with Gasteiger partial charge in [0.15, 0.2) is 11.5 Å². The van der Waals surface area contributed by atoms with E-state index in [0.29, 0.717) is 18.9 Å². The minimum absolute atomic E-state index is 0.173. The standard InChI is InChI=1S/C17H20ClNO2/c1-3-21-17-10-13(4-9-16(17)20)11-19-12(2)14-5-7-15(18)8-6-14/h4-10,12,19-20H,3,11H2,1-2H3/t12-/m0/s1. The van der Waals surface area contributed by atoms with Crippen molar-refractivity contribution in [1.82, 2.24) is 5.32 Å². The highest BCUT2D eigenvalue weighted by Crippen LogP contribution is 2.27. The molecule has 112 valence electrons. The number of nitrogens with one attached hydrogen (secondary N) is 1. The van der Waals surface area contributed by atoms with Gasteiger partial charge in [-0.15, -0.1) is 0 Å². The number of halogens is 1. The van der Waals surface area contributed by atoms with Gasteiger partial charge in [0.1, 0.15) is 0 Å². The summed E-state index contributed by atoms with van der Waals surface area (Å²) in [4.78, 5) is 0. The number of aromatic hydroxyl groups is 1. The van der Waals surface area contributed by atoms with E-state index < -0.39 is 0 Å². The molecule has 0 aromatic heterocycles. The summed E-state index contributed by atoms with van der Waals surface area (Å²) < 4.78 is 5.39. The molecule has 0 amide bonds. The van der Waals surface area contributed by atoms with Crippen molar-refractivity contribution in [2.75, 3.05) is 6.61 Å². The molecule has 3 nitrogen and oxygen atoms in total. The van der Waals surface area contributed by atoms with Crippen molar-refractivity contribution >= 4 is 11.6 Å². The number of benzene rings is 2. The molecule has 0 heterocycles. The predicted octanol–water partition coefficient (Wildman–Crippen LogP) is 4.30. The third-order valence-electron chi connectivity index (χ3n) is 3.31. The van der Waals surface area contributed by atoms with Gasteiger partial charge in [0.25, 0.3) is 0 Å². The van der Waals surface area contributed by atoms with E-state index >= 15 is 0 Å². The van der Waals surface area contributed by atoms with Crippen molar-refractivity contribution in [2.45, 2.75) is 26.4 Å². The summed E-state index contributed by atoms with van der Waals surface area (Å²) in [6, 6.07) is 13.4. The molecule has 0 aliphatic heterocycles. The van der Waals surface area contributed by atoms with Crippen molar-refractivity contribution in [3.8, 4) is 11.5 Å². The summed E-state index contributed by atoms with van der Waals surface area (Å²) in [5, 5.41) is 13.9. The summed E-state index contributed by atoms with van der Waals surface area (Å²) in [6.45, 7) is 5.23. The molecule has 2 N–H and O–H groups in total. The zero-order valence-corrected chi connectivity index (χ0v) is 13.0. The van der Waals surface area contributed by atoms with Crippen LogP contribution in [-0.2, 0) is 6.54 Å². The van der Waals surface area contributed by atoms with Crippen LogP contribution in [0.15, 0.2) is 42.5 Å². The summed E-state index contributed by atoms with van der Waals surface area (Å²) in [5.74, 6) is 0.697. The van der Waals surface area contributed by atoms with Gasteiger partial charge in [0.05, 0.1) is 6.61 Å². The first kappa shape index (κ1) is 15.7. The predicted molar refractivity (Wildman–Crippen MR) is 86.0 cm³/mol. The fraction of sp³-hybridized carbons (Fsp3) is 0.294. The first-order valence-corrected chi connectivity index (χ1v) is 7.41. The maximum atomic E-state index is 9.69. The third kappa shape index (κ3) is 4.38. The normalized spacial score (nSPS) is 12.1. The Balaban J connectivity index is 1.99. The number of hydrogen-bond acceptors (Lipinski definition) is 3. The number of ether oxygens (including phenoxy) is 1. The highest BCUT2D eigenvalue weighted by molar-refractivity contribution is 6.30. The van der Waals surface area contributed by atoms with E-state index in [1.807, 2.05) is 43.3 Å². The number of rotatable bonds is 6. The van der Waals surface area contributed by atoms with Gasteiger partial charge in [0, 0.05) is 17.6 Å². The molecule has 0 aliphatic rings. The van der Waals surface area contributed by atoms with E-state index in [2.05, 4.69) is 12.2 Å². The molecule has 0 aliphatic carbocycles. The van der Waals surface area contributed by atoms with Gasteiger partial charge in [-0.05, 0) is 49.2 Å². The lowest BCUT2D eigenvalue weighted by Crippen LogP contribution is -2.18. The molecule has 0 fully saturated rings. The average molecular weight is 306 g/mol. The zero-order chi connectivity index (χ0) is 15.2. The van der Waals surface area contributed by atoms with Crippen LogP contribution in [0.25, 0.3) is 0 Å². The second kappa shape index (κ2) is 7.34. The maximum Gasteiger partial charge on any atom is 0.161 e. The maximum absolute atomic E-state index is 9.69. The van der Waals surface area contributed by atoms with E-state index in [-0.39, 0.29) is 11.8 Å². The Morgan fingerprint density at radius 3 is 2.57 bits per heavy atom. The van der Waals surface area contributed by atoms with Gasteiger partial charge in [-0.1, -0.05) is 29.8 Å². The minimum atomic E-state index is 0.173. The fourth-order valence-electron chi connectivity index (χ4n) is 2.08. The van der Waals surface area contributed by atoms with Gasteiger partial charge in [-0.2, -0.15) is 0 Å². The van der Waals surface area contributed by atoms with Crippen LogP contribution in [0.3, 0.4) is 0 Å². The second-order valence-corrected chi connectivity index (χ2v) is 5.33. The monoisotopic (exact) mass is 305 g/mol. The second-order valence-electron chi connectivity index (χ2n) is 4.89. The SMILES string of the molecule is CCOc1cc(CN[C@@H](C)c2ccc(Cl)cc2)ccc1O. The van der Waals surface area contributed by atoms with Crippen LogP contribution in [0.5, 0.6) is 11.5 Å². The molecule has 0 unspecified atom stereocenters. The zero-order valence-electron chi connectivity index (χ0n) is 12.3. The average Bonchev–Trinajstić information content (AvgIpc) is 2.48. The largest absolute Gasteiger partial charge is 0.504 e. The van der Waals surface area contributed by atoms with E-state index in [0.717, 1.165) is 10.6 Å². The Bertz CT molecular complexity index is 584. The fourth-order valence-corrected chi connectivity index (χ4v) is 2.21. The molecule has 2 aromatic rings. The van der Waals surface area contributed by atoms with E-state index in [1.165, 1.54) is 5.56 Å². The highest BCUT2D eigenvalue weighted by atomic mass is 35.5. The lowest BCUT2D eigenvalue weighted by Gasteiger charge is -2.15. The Labute approximate surface area is 130 Å². The van der Waals surface area contributed by atoms with Gasteiger partial charge < -0.3 is 15.2 Å². The van der Waals surface area contributed by atoms with Gasteiger partial charge in [-0.3, -0.25) is 0 Å². The van der Waals surface area contributed by atoms with Gasteiger partial charge in [0.2, 0.25) is 0 Å². The molecule has 2 rings (SSSR count). The van der Waals surface area contributed by atoms with E-state index in [9.17, 15) is 5.11 Å². The molecular weight excluding hydrogens is 286 g/mol. The smallest absolute Gasteiger partial charge is 0.161 e. The lowest BCUT2D eigenvalue weighted by atomic mass is 10.1. The highest BCUT2D eigenvalue weighted by Gasteiger charge is 2.07. The summed E-state index contributed by atoms with van der Waals surface area (Å²) >= 11 is 5.89. The lowest BCUT2D eigenvalue weighted by molar-refractivity contribution is 0.317. The van der Waals surface area contributed by atoms with E-state index in [4.69, 9.17) is 16.3 Å². The Kier molecular flexibility index (Phi) is 5.48. The summed E-state index contributed by atoms with van der Waals surface area (Å²) in [7, 11) is 0. The number of hydrogen-bond donors (Lipinski definition) is 2. The first-order valence-electron chi connectivity index (χ1n) is 7.03. The topological polar surface area (TPSA) is 41.5 Å². The van der Waals surface area contributed by atoms with Crippen molar-refractivity contribution in [3.05, 3.63) is 58.6 Å². The van der Waals surface area contributed by atoms with Crippen LogP contribution in [0.4, 0.5) is 0 Å². The van der Waals surface area contributed by atoms with Crippen molar-refractivity contribution in [1.29, 1.82) is 0 Å². The molecule has 0 saturated carbocycles. The van der Waals surface area contributed by atoms with Crippen molar-refractivity contribution < 1.29 is 9.84 Å². The Morgan fingerprint density at radius 1 is 1.19 bits per heavy atom. The Hall–Kier alpha value is -1.71. The molecule has 2 aromatic carbocycles. The molecule has 21 heavy (non-hydrogen) atoms. The van der Waals surface area contributed by atoms with Gasteiger partial charge in [-0.25, -0.2) is 0 Å². The first-order chi connectivity index (χ1) is 10.1. The van der Waals surface area contributed by atoms with Crippen LogP contribution in [0.2, 0.25) is 5.02 Å². The molecule has 0 bridgehead atoms. The van der Waals surface area contributed by atoms with E-state index in [1.54, 1.807) is 6.07 Å². The van der Waals surface area contributed by atoms with Crippen LogP contribution in [-0.4, -0.2) is 11.7 Å². The Morgan fingerprint density at radius 2 is 1.90 bits per heavy atom. The van der Waals surface area contributed by atoms with Gasteiger partial charge >= 0.3 is 0 Å². The molecule has 1 atom stereocenters.